The van der Waals surface area contributed by atoms with Gasteiger partial charge in [0.2, 0.25) is 0 Å². The van der Waals surface area contributed by atoms with E-state index in [1.54, 1.807) is 17.4 Å². The van der Waals surface area contributed by atoms with Gasteiger partial charge in [-0.2, -0.15) is 0 Å². The zero-order valence-electron chi connectivity index (χ0n) is 18.3. The number of benzene rings is 1. The summed E-state index contributed by atoms with van der Waals surface area (Å²) < 4.78 is 8.56. The molecule has 4 nitrogen and oxygen atoms in total. The normalized spacial score (nSPS) is 15.2. The minimum absolute atomic E-state index is 0.0901. The molecule has 5 heteroatoms. The lowest BCUT2D eigenvalue weighted by atomic mass is 9.86. The van der Waals surface area contributed by atoms with E-state index in [1.807, 2.05) is 24.7 Å². The number of hydrogen-bond donors (Lipinski definition) is 0. The van der Waals surface area contributed by atoms with Crippen molar-refractivity contribution in [1.82, 2.24) is 9.55 Å². The Kier molecular flexibility index (Phi) is 6.09. The van der Waals surface area contributed by atoms with Crippen molar-refractivity contribution in [2.75, 3.05) is 6.61 Å². The molecule has 0 saturated carbocycles. The zero-order chi connectivity index (χ0) is 21.3. The topological polar surface area (TPSA) is 44.1 Å². The lowest BCUT2D eigenvalue weighted by Gasteiger charge is -2.34. The van der Waals surface area contributed by atoms with Crippen LogP contribution >= 0.6 is 11.3 Å². The van der Waals surface area contributed by atoms with E-state index in [4.69, 9.17) is 4.74 Å². The van der Waals surface area contributed by atoms with Crippen LogP contribution in [0.15, 0.2) is 40.8 Å². The number of rotatable bonds is 7. The van der Waals surface area contributed by atoms with Crippen LogP contribution in [-0.4, -0.2) is 16.2 Å². The van der Waals surface area contributed by atoms with Crippen molar-refractivity contribution in [3.63, 3.8) is 0 Å². The first kappa shape index (κ1) is 20.9. The highest BCUT2D eigenvalue weighted by Crippen LogP contribution is 2.43. The van der Waals surface area contributed by atoms with Crippen molar-refractivity contribution < 1.29 is 4.74 Å². The molecule has 3 aromatic rings. The summed E-state index contributed by atoms with van der Waals surface area (Å²) in [5.74, 6) is 1.37. The Balaban J connectivity index is 1.85. The average Bonchev–Trinajstić information content (AvgIpc) is 3.25. The van der Waals surface area contributed by atoms with E-state index < -0.39 is 0 Å². The predicted molar refractivity (Wildman–Crippen MR) is 125 cm³/mol. The van der Waals surface area contributed by atoms with Gasteiger partial charge >= 0.3 is 0 Å². The molecule has 0 bridgehead atoms. The fraction of sp³-hybridized carbons (Fsp3) is 0.440. The van der Waals surface area contributed by atoms with Gasteiger partial charge in [0.05, 0.1) is 17.9 Å². The molecule has 3 heterocycles. The molecular formula is C25H30N2O2S. The van der Waals surface area contributed by atoms with Crippen molar-refractivity contribution >= 4 is 11.3 Å². The van der Waals surface area contributed by atoms with Gasteiger partial charge in [0.15, 0.2) is 5.43 Å². The molecule has 1 atom stereocenters. The SMILES string of the molecule is CCCCCOc1cc2c(cc1-c1nccs1)-c1cc(=O)c(C)cn1C(C(C)C)C2. The number of nitrogens with zero attached hydrogens (tertiary/aromatic N) is 2. The van der Waals surface area contributed by atoms with Gasteiger partial charge in [-0.1, -0.05) is 33.6 Å². The maximum atomic E-state index is 12.5. The first-order valence-electron chi connectivity index (χ1n) is 10.9. The molecule has 1 aliphatic rings. The molecule has 1 aromatic carbocycles. The van der Waals surface area contributed by atoms with Gasteiger partial charge in [-0.25, -0.2) is 4.98 Å². The maximum Gasteiger partial charge on any atom is 0.185 e. The molecule has 0 amide bonds. The highest BCUT2D eigenvalue weighted by Gasteiger charge is 2.28. The van der Waals surface area contributed by atoms with Crippen LogP contribution < -0.4 is 10.2 Å². The van der Waals surface area contributed by atoms with Crippen LogP contribution in [0, 0.1) is 12.8 Å². The molecule has 0 spiro atoms. The number of unbranched alkanes of at least 4 members (excludes halogenated alkanes) is 2. The summed E-state index contributed by atoms with van der Waals surface area (Å²) in [4.78, 5) is 17.1. The third kappa shape index (κ3) is 3.95. The first-order chi connectivity index (χ1) is 14.5. The molecule has 0 fully saturated rings. The Bertz CT molecular complexity index is 1080. The maximum absolute atomic E-state index is 12.5. The standard InChI is InChI=1S/C25H30N2O2S/c1-5-6-7-9-29-24-12-18-11-21(16(2)3)27-15-17(4)23(28)14-22(27)19(18)13-20(24)25-26-8-10-30-25/h8,10,12-16,21H,5-7,9,11H2,1-4H3. The summed E-state index contributed by atoms with van der Waals surface area (Å²) in [6.45, 7) is 9.32. The van der Waals surface area contributed by atoms with Gasteiger partial charge in [-0.3, -0.25) is 4.79 Å². The number of thiazole rings is 1. The third-order valence-corrected chi connectivity index (χ3v) is 6.78. The quantitative estimate of drug-likeness (QED) is 0.422. The van der Waals surface area contributed by atoms with Crippen molar-refractivity contribution in [2.45, 2.75) is 59.4 Å². The second kappa shape index (κ2) is 8.76. The molecule has 0 radical (unpaired) electrons. The minimum atomic E-state index is 0.0901. The van der Waals surface area contributed by atoms with E-state index in [9.17, 15) is 4.79 Å². The van der Waals surface area contributed by atoms with Crippen LogP contribution in [0.3, 0.4) is 0 Å². The predicted octanol–water partition coefficient (Wildman–Crippen LogP) is 6.27. The molecule has 0 N–H and O–H groups in total. The Labute approximate surface area is 182 Å². The molecule has 1 aliphatic heterocycles. The second-order valence-corrected chi connectivity index (χ2v) is 9.42. The fourth-order valence-electron chi connectivity index (χ4n) is 4.23. The Morgan fingerprint density at radius 2 is 2.07 bits per heavy atom. The highest BCUT2D eigenvalue weighted by atomic mass is 32.1. The van der Waals surface area contributed by atoms with Crippen LogP contribution in [0.5, 0.6) is 5.75 Å². The van der Waals surface area contributed by atoms with Crippen LogP contribution in [0.4, 0.5) is 0 Å². The molecule has 30 heavy (non-hydrogen) atoms. The lowest BCUT2D eigenvalue weighted by Crippen LogP contribution is -2.26. The average molecular weight is 423 g/mol. The van der Waals surface area contributed by atoms with Crippen molar-refractivity contribution in [2.24, 2.45) is 5.92 Å². The van der Waals surface area contributed by atoms with Crippen LogP contribution in [0.25, 0.3) is 21.8 Å². The molecule has 0 saturated heterocycles. The number of pyridine rings is 1. The van der Waals surface area contributed by atoms with Gasteiger partial charge in [-0.15, -0.1) is 11.3 Å². The Hall–Kier alpha value is -2.40. The zero-order valence-corrected chi connectivity index (χ0v) is 19.1. The van der Waals surface area contributed by atoms with Crippen LogP contribution in [0.1, 0.15) is 57.2 Å². The second-order valence-electron chi connectivity index (χ2n) is 8.53. The number of aromatic nitrogens is 2. The Morgan fingerprint density at radius 1 is 1.23 bits per heavy atom. The molecule has 2 aromatic heterocycles. The summed E-state index contributed by atoms with van der Waals surface area (Å²) in [5, 5.41) is 2.95. The van der Waals surface area contributed by atoms with Crippen molar-refractivity contribution in [1.29, 1.82) is 0 Å². The summed E-state index contributed by atoms with van der Waals surface area (Å²) in [6.07, 6.45) is 8.19. The summed E-state index contributed by atoms with van der Waals surface area (Å²) in [7, 11) is 0. The minimum Gasteiger partial charge on any atom is -0.493 e. The number of fused-ring (bicyclic) bond motifs is 3. The van der Waals surface area contributed by atoms with E-state index in [2.05, 4.69) is 42.5 Å². The van der Waals surface area contributed by atoms with E-state index in [0.717, 1.165) is 46.0 Å². The molecular weight excluding hydrogens is 392 g/mol. The van der Waals surface area contributed by atoms with Crippen LogP contribution in [0.2, 0.25) is 0 Å². The number of hydrogen-bond acceptors (Lipinski definition) is 4. The van der Waals surface area contributed by atoms with Gasteiger partial charge in [0, 0.05) is 41.0 Å². The monoisotopic (exact) mass is 422 g/mol. The first-order valence-corrected chi connectivity index (χ1v) is 11.8. The van der Waals surface area contributed by atoms with E-state index in [1.165, 1.54) is 18.4 Å². The van der Waals surface area contributed by atoms with E-state index in [-0.39, 0.29) is 5.43 Å². The number of ether oxygens (including phenoxy) is 1. The third-order valence-electron chi connectivity index (χ3n) is 5.97. The van der Waals surface area contributed by atoms with Gasteiger partial charge in [0.1, 0.15) is 10.8 Å². The molecule has 1 unspecified atom stereocenters. The highest BCUT2D eigenvalue weighted by molar-refractivity contribution is 7.13. The fourth-order valence-corrected chi connectivity index (χ4v) is 4.89. The molecule has 4 rings (SSSR count). The number of aryl methyl sites for hydroxylation is 1. The van der Waals surface area contributed by atoms with Crippen molar-refractivity contribution in [3.8, 4) is 27.6 Å². The van der Waals surface area contributed by atoms with Gasteiger partial charge in [0.25, 0.3) is 0 Å². The Morgan fingerprint density at radius 3 is 2.77 bits per heavy atom. The molecule has 0 aliphatic carbocycles. The summed E-state index contributed by atoms with van der Waals surface area (Å²) >= 11 is 1.62. The lowest BCUT2D eigenvalue weighted by molar-refractivity contribution is 0.306. The summed E-state index contributed by atoms with van der Waals surface area (Å²) in [6, 6.07) is 6.50. The smallest absolute Gasteiger partial charge is 0.185 e. The largest absolute Gasteiger partial charge is 0.493 e. The van der Waals surface area contributed by atoms with Crippen LogP contribution in [-0.2, 0) is 6.42 Å². The van der Waals surface area contributed by atoms with E-state index in [0.29, 0.717) is 18.6 Å². The summed E-state index contributed by atoms with van der Waals surface area (Å²) in [5.41, 5.74) is 5.28. The van der Waals surface area contributed by atoms with E-state index >= 15 is 0 Å². The van der Waals surface area contributed by atoms with Crippen molar-refractivity contribution in [3.05, 3.63) is 57.3 Å². The van der Waals surface area contributed by atoms with Gasteiger partial charge < -0.3 is 9.30 Å². The van der Waals surface area contributed by atoms with Gasteiger partial charge in [-0.05, 0) is 43.4 Å². The molecule has 158 valence electrons.